The second kappa shape index (κ2) is 17.4. The smallest absolute Gasteiger partial charge is 0.326 e. The molecule has 1 saturated heterocycles. The van der Waals surface area contributed by atoms with Gasteiger partial charge in [0, 0.05) is 49.1 Å². The van der Waals surface area contributed by atoms with Crippen molar-refractivity contribution in [1.29, 1.82) is 0 Å². The Kier molecular flexibility index (Phi) is 12.3. The van der Waals surface area contributed by atoms with Crippen LogP contribution >= 0.6 is 11.8 Å². The molecule has 2 heterocycles. The van der Waals surface area contributed by atoms with E-state index in [2.05, 4.69) is 53.4 Å². The van der Waals surface area contributed by atoms with Gasteiger partial charge in [0.15, 0.2) is 5.16 Å². The SMILES string of the molecule is CCC(C)OC(=O)Cn1c(SCCCN(C(=O)CC(c2ccccc2)c2ccccc2)c2ccc(N3CCCCC3)cc2)nc2ccccc21. The van der Waals surface area contributed by atoms with E-state index in [1.54, 1.807) is 11.8 Å². The van der Waals surface area contributed by atoms with Gasteiger partial charge in [0.25, 0.3) is 0 Å². The number of benzene rings is 4. The van der Waals surface area contributed by atoms with Gasteiger partial charge in [-0.15, -0.1) is 0 Å². The zero-order valence-corrected chi connectivity index (χ0v) is 30.1. The summed E-state index contributed by atoms with van der Waals surface area (Å²) in [7, 11) is 0. The van der Waals surface area contributed by atoms with Gasteiger partial charge in [-0.05, 0) is 86.6 Å². The van der Waals surface area contributed by atoms with E-state index in [4.69, 9.17) is 9.72 Å². The fourth-order valence-corrected chi connectivity index (χ4v) is 7.59. The largest absolute Gasteiger partial charge is 0.461 e. The van der Waals surface area contributed by atoms with Crippen LogP contribution in [0.15, 0.2) is 114 Å². The first-order chi connectivity index (χ1) is 24.5. The number of aromatic nitrogens is 2. The lowest BCUT2D eigenvalue weighted by Crippen LogP contribution is -2.33. The number of hydrogen-bond acceptors (Lipinski definition) is 6. The Bertz CT molecular complexity index is 1780. The number of imidazole rings is 1. The molecule has 1 unspecified atom stereocenters. The molecule has 5 aromatic rings. The van der Waals surface area contributed by atoms with Crippen LogP contribution in [0.1, 0.15) is 69.4 Å². The summed E-state index contributed by atoms with van der Waals surface area (Å²) in [5, 5.41) is 0.782. The van der Waals surface area contributed by atoms with Crippen LogP contribution < -0.4 is 9.80 Å². The van der Waals surface area contributed by atoms with Crippen molar-refractivity contribution in [1.82, 2.24) is 9.55 Å². The third kappa shape index (κ3) is 8.96. The molecular formula is C42H48N4O3S. The van der Waals surface area contributed by atoms with Crippen molar-refractivity contribution >= 4 is 46.0 Å². The van der Waals surface area contributed by atoms with Crippen LogP contribution in [0.5, 0.6) is 0 Å². The van der Waals surface area contributed by atoms with Gasteiger partial charge in [0.2, 0.25) is 5.91 Å². The van der Waals surface area contributed by atoms with Gasteiger partial charge in [0.1, 0.15) is 6.54 Å². The molecule has 50 heavy (non-hydrogen) atoms. The molecule has 0 saturated carbocycles. The Morgan fingerprint density at radius 3 is 2.14 bits per heavy atom. The fraction of sp³-hybridized carbons (Fsp3) is 0.357. The van der Waals surface area contributed by atoms with Gasteiger partial charge in [-0.2, -0.15) is 0 Å². The Morgan fingerprint density at radius 2 is 1.48 bits per heavy atom. The monoisotopic (exact) mass is 688 g/mol. The normalized spacial score (nSPS) is 13.8. The zero-order chi connectivity index (χ0) is 34.7. The summed E-state index contributed by atoms with van der Waals surface area (Å²) in [5.74, 6) is 0.517. The summed E-state index contributed by atoms with van der Waals surface area (Å²) in [6, 6.07) is 37.1. The highest BCUT2D eigenvalue weighted by molar-refractivity contribution is 7.99. The van der Waals surface area contributed by atoms with E-state index in [0.717, 1.165) is 64.7 Å². The summed E-state index contributed by atoms with van der Waals surface area (Å²) < 4.78 is 7.56. The summed E-state index contributed by atoms with van der Waals surface area (Å²) in [6.45, 7) is 6.76. The first kappa shape index (κ1) is 35.3. The molecule has 1 aromatic heterocycles. The van der Waals surface area contributed by atoms with E-state index in [1.807, 2.05) is 84.0 Å². The number of hydrogen-bond donors (Lipinski definition) is 0. The van der Waals surface area contributed by atoms with Crippen molar-refractivity contribution in [3.05, 3.63) is 120 Å². The number of fused-ring (bicyclic) bond motifs is 1. The highest BCUT2D eigenvalue weighted by atomic mass is 32.2. The molecule has 0 spiro atoms. The van der Waals surface area contributed by atoms with E-state index in [0.29, 0.717) is 13.0 Å². The predicted molar refractivity (Wildman–Crippen MR) is 205 cm³/mol. The number of nitrogens with zero attached hydrogens (tertiary/aromatic N) is 4. The minimum absolute atomic E-state index is 0.0514. The number of rotatable bonds is 15. The maximum Gasteiger partial charge on any atom is 0.326 e. The number of ether oxygens (including phenoxy) is 1. The van der Waals surface area contributed by atoms with E-state index in [1.165, 1.54) is 24.9 Å². The Labute approximate surface area is 300 Å². The van der Waals surface area contributed by atoms with Gasteiger partial charge < -0.3 is 19.1 Å². The molecule has 6 rings (SSSR count). The molecule has 1 atom stereocenters. The van der Waals surface area contributed by atoms with E-state index < -0.39 is 0 Å². The number of amides is 1. The third-order valence-electron chi connectivity index (χ3n) is 9.54. The van der Waals surface area contributed by atoms with Crippen LogP contribution in [0.4, 0.5) is 11.4 Å². The summed E-state index contributed by atoms with van der Waals surface area (Å²) in [4.78, 5) is 36.5. The lowest BCUT2D eigenvalue weighted by Gasteiger charge is -2.30. The molecule has 4 aromatic carbocycles. The quantitative estimate of drug-likeness (QED) is 0.0621. The lowest BCUT2D eigenvalue weighted by molar-refractivity contribution is -0.149. The standard InChI is InChI=1S/C42H48N4O3S/c1-3-32(2)49-41(48)31-46-39-21-12-11-20-38(39)43-42(46)50-29-15-28-45(36-24-22-35(23-25-36)44-26-13-6-14-27-44)40(47)30-37(33-16-7-4-8-17-33)34-18-9-5-10-19-34/h4-5,7-12,16-25,32,37H,3,6,13-15,26-31H2,1-2H3. The van der Waals surface area contributed by atoms with Gasteiger partial charge in [-0.3, -0.25) is 9.59 Å². The van der Waals surface area contributed by atoms with E-state index >= 15 is 0 Å². The van der Waals surface area contributed by atoms with Crippen LogP contribution in [0.2, 0.25) is 0 Å². The van der Waals surface area contributed by atoms with Crippen LogP contribution in [-0.2, 0) is 20.9 Å². The minimum atomic E-state index is -0.263. The van der Waals surface area contributed by atoms with Crippen LogP contribution in [0.25, 0.3) is 11.0 Å². The Hall–Kier alpha value is -4.56. The maximum atomic E-state index is 14.4. The molecule has 1 fully saturated rings. The molecular weight excluding hydrogens is 641 g/mol. The minimum Gasteiger partial charge on any atom is -0.461 e. The molecule has 7 nitrogen and oxygen atoms in total. The number of thioether (sulfide) groups is 1. The average molecular weight is 689 g/mol. The van der Waals surface area contributed by atoms with Gasteiger partial charge in [-0.25, -0.2) is 4.98 Å². The lowest BCUT2D eigenvalue weighted by atomic mass is 9.88. The molecule has 0 aliphatic carbocycles. The van der Waals surface area contributed by atoms with E-state index in [9.17, 15) is 9.59 Å². The van der Waals surface area contributed by atoms with Crippen LogP contribution in [0.3, 0.4) is 0 Å². The molecule has 1 amide bonds. The molecule has 8 heteroatoms. The molecule has 260 valence electrons. The number of carbonyl (C=O) groups is 2. The molecule has 0 radical (unpaired) electrons. The Balaban J connectivity index is 1.20. The van der Waals surface area contributed by atoms with Crippen LogP contribution in [-0.4, -0.2) is 52.9 Å². The number of carbonyl (C=O) groups excluding carboxylic acids is 2. The fourth-order valence-electron chi connectivity index (χ4n) is 6.65. The van der Waals surface area contributed by atoms with Crippen molar-refractivity contribution in [3.63, 3.8) is 0 Å². The number of anilines is 2. The summed E-state index contributed by atoms with van der Waals surface area (Å²) >= 11 is 1.62. The highest BCUT2D eigenvalue weighted by Crippen LogP contribution is 2.31. The number of piperidine rings is 1. The molecule has 1 aliphatic heterocycles. The van der Waals surface area contributed by atoms with Crippen molar-refractivity contribution < 1.29 is 14.3 Å². The van der Waals surface area contributed by atoms with Gasteiger partial charge in [-0.1, -0.05) is 91.5 Å². The highest BCUT2D eigenvalue weighted by Gasteiger charge is 2.24. The Morgan fingerprint density at radius 1 is 0.840 bits per heavy atom. The zero-order valence-electron chi connectivity index (χ0n) is 29.2. The van der Waals surface area contributed by atoms with Crippen molar-refractivity contribution in [3.8, 4) is 0 Å². The number of esters is 1. The van der Waals surface area contributed by atoms with Gasteiger partial charge in [0.05, 0.1) is 17.1 Å². The first-order valence-corrected chi connectivity index (χ1v) is 19.0. The second-order valence-electron chi connectivity index (χ2n) is 13.1. The third-order valence-corrected chi connectivity index (χ3v) is 10.6. The topological polar surface area (TPSA) is 67.7 Å². The summed E-state index contributed by atoms with van der Waals surface area (Å²) in [5.41, 5.74) is 6.16. The average Bonchev–Trinajstić information content (AvgIpc) is 3.51. The van der Waals surface area contributed by atoms with E-state index in [-0.39, 0.29) is 30.4 Å². The molecule has 0 N–H and O–H groups in total. The second-order valence-corrected chi connectivity index (χ2v) is 14.1. The molecule has 0 bridgehead atoms. The van der Waals surface area contributed by atoms with Crippen LogP contribution in [0, 0.1) is 0 Å². The van der Waals surface area contributed by atoms with Gasteiger partial charge >= 0.3 is 5.97 Å². The maximum absolute atomic E-state index is 14.4. The predicted octanol–water partition coefficient (Wildman–Crippen LogP) is 9.11. The molecule has 1 aliphatic rings. The summed E-state index contributed by atoms with van der Waals surface area (Å²) in [6.07, 6.45) is 5.49. The number of para-hydroxylation sites is 2. The van der Waals surface area contributed by atoms with Crippen molar-refractivity contribution in [2.45, 2.75) is 76.1 Å². The van der Waals surface area contributed by atoms with Crippen molar-refractivity contribution in [2.75, 3.05) is 35.2 Å². The first-order valence-electron chi connectivity index (χ1n) is 18.0. The van der Waals surface area contributed by atoms with Crippen molar-refractivity contribution in [2.24, 2.45) is 0 Å².